The molecule has 0 aliphatic carbocycles. The van der Waals surface area contributed by atoms with Crippen LogP contribution in [0.25, 0.3) is 0 Å². The average molecular weight is 324 g/mol. The van der Waals surface area contributed by atoms with E-state index in [2.05, 4.69) is 5.32 Å². The number of halogens is 2. The fourth-order valence-corrected chi connectivity index (χ4v) is 2.39. The van der Waals surface area contributed by atoms with Gasteiger partial charge >= 0.3 is 5.97 Å². The van der Waals surface area contributed by atoms with Gasteiger partial charge in [-0.25, -0.2) is 4.79 Å². The number of amides is 1. The zero-order valence-electron chi connectivity index (χ0n) is 11.0. The van der Waals surface area contributed by atoms with Crippen LogP contribution >= 0.6 is 23.2 Å². The fraction of sp³-hybridized carbons (Fsp3) is 0.0667. The quantitative estimate of drug-likeness (QED) is 0.887. The van der Waals surface area contributed by atoms with Gasteiger partial charge in [-0.15, -0.1) is 0 Å². The Kier molecular flexibility index (Phi) is 4.50. The van der Waals surface area contributed by atoms with Crippen LogP contribution in [0.5, 0.6) is 0 Å². The van der Waals surface area contributed by atoms with Gasteiger partial charge in [0.05, 0.1) is 16.3 Å². The number of benzene rings is 2. The highest BCUT2D eigenvalue weighted by Gasteiger charge is 2.16. The molecular formula is C15H11Cl2NO3. The number of hydrogen-bond donors (Lipinski definition) is 2. The lowest BCUT2D eigenvalue weighted by atomic mass is 10.1. The van der Waals surface area contributed by atoms with Crippen LogP contribution in [0.3, 0.4) is 0 Å². The molecule has 108 valence electrons. The molecule has 21 heavy (non-hydrogen) atoms. The SMILES string of the molecule is Cc1cc(Cl)cc(C(=O)Nc2c(Cl)cccc2C(=O)O)c1. The molecule has 1 amide bonds. The smallest absolute Gasteiger partial charge is 0.337 e. The fourth-order valence-electron chi connectivity index (χ4n) is 1.88. The van der Waals surface area contributed by atoms with E-state index < -0.39 is 11.9 Å². The van der Waals surface area contributed by atoms with Crippen molar-refractivity contribution in [3.63, 3.8) is 0 Å². The second kappa shape index (κ2) is 6.16. The van der Waals surface area contributed by atoms with Gasteiger partial charge < -0.3 is 10.4 Å². The van der Waals surface area contributed by atoms with Crippen molar-refractivity contribution >= 4 is 40.8 Å². The molecule has 0 saturated heterocycles. The highest BCUT2D eigenvalue weighted by atomic mass is 35.5. The van der Waals surface area contributed by atoms with E-state index in [1.165, 1.54) is 24.3 Å². The molecule has 0 fully saturated rings. The van der Waals surface area contributed by atoms with E-state index >= 15 is 0 Å². The Morgan fingerprint density at radius 2 is 1.86 bits per heavy atom. The van der Waals surface area contributed by atoms with E-state index in [9.17, 15) is 9.59 Å². The number of aromatic carboxylic acids is 1. The third-order valence-electron chi connectivity index (χ3n) is 2.79. The van der Waals surface area contributed by atoms with Crippen LogP contribution in [0, 0.1) is 6.92 Å². The Balaban J connectivity index is 2.38. The first-order chi connectivity index (χ1) is 9.88. The summed E-state index contributed by atoms with van der Waals surface area (Å²) in [6.45, 7) is 1.81. The lowest BCUT2D eigenvalue weighted by Gasteiger charge is -2.11. The molecule has 2 rings (SSSR count). The van der Waals surface area contributed by atoms with Crippen molar-refractivity contribution in [1.29, 1.82) is 0 Å². The molecule has 0 aliphatic heterocycles. The maximum absolute atomic E-state index is 12.2. The topological polar surface area (TPSA) is 66.4 Å². The number of carbonyl (C=O) groups excluding carboxylic acids is 1. The molecule has 2 aromatic rings. The molecular weight excluding hydrogens is 313 g/mol. The summed E-state index contributed by atoms with van der Waals surface area (Å²) in [7, 11) is 0. The van der Waals surface area contributed by atoms with Gasteiger partial charge in [-0.05, 0) is 42.8 Å². The van der Waals surface area contributed by atoms with Gasteiger partial charge in [-0.1, -0.05) is 29.3 Å². The first-order valence-electron chi connectivity index (χ1n) is 5.99. The van der Waals surface area contributed by atoms with Crippen molar-refractivity contribution in [3.05, 3.63) is 63.1 Å². The van der Waals surface area contributed by atoms with Gasteiger partial charge in [0.25, 0.3) is 5.91 Å². The van der Waals surface area contributed by atoms with Crippen LogP contribution in [0.1, 0.15) is 26.3 Å². The summed E-state index contributed by atoms with van der Waals surface area (Å²) in [5.41, 5.74) is 1.14. The molecule has 0 atom stereocenters. The Morgan fingerprint density at radius 1 is 1.14 bits per heavy atom. The lowest BCUT2D eigenvalue weighted by molar-refractivity contribution is 0.0698. The average Bonchev–Trinajstić information content (AvgIpc) is 2.39. The maximum Gasteiger partial charge on any atom is 0.337 e. The van der Waals surface area contributed by atoms with Crippen LogP contribution < -0.4 is 5.32 Å². The molecule has 0 bridgehead atoms. The second-order valence-corrected chi connectivity index (χ2v) is 5.28. The number of carboxylic acids is 1. The third-order valence-corrected chi connectivity index (χ3v) is 3.32. The lowest BCUT2D eigenvalue weighted by Crippen LogP contribution is -2.15. The van der Waals surface area contributed by atoms with Crippen LogP contribution in [0.4, 0.5) is 5.69 Å². The summed E-state index contributed by atoms with van der Waals surface area (Å²) in [4.78, 5) is 23.4. The highest BCUT2D eigenvalue weighted by Crippen LogP contribution is 2.27. The molecule has 4 nitrogen and oxygen atoms in total. The minimum Gasteiger partial charge on any atom is -0.478 e. The van der Waals surface area contributed by atoms with Gasteiger partial charge in [-0.3, -0.25) is 4.79 Å². The summed E-state index contributed by atoms with van der Waals surface area (Å²) < 4.78 is 0. The molecule has 0 radical (unpaired) electrons. The highest BCUT2D eigenvalue weighted by molar-refractivity contribution is 6.35. The van der Waals surface area contributed by atoms with E-state index in [-0.39, 0.29) is 16.3 Å². The molecule has 2 aromatic carbocycles. The molecule has 0 aliphatic rings. The first kappa shape index (κ1) is 15.4. The number of rotatable bonds is 3. The van der Waals surface area contributed by atoms with Crippen molar-refractivity contribution < 1.29 is 14.7 Å². The molecule has 0 aromatic heterocycles. The van der Waals surface area contributed by atoms with Gasteiger partial charge in [-0.2, -0.15) is 0 Å². The van der Waals surface area contributed by atoms with Crippen LogP contribution in [-0.4, -0.2) is 17.0 Å². The van der Waals surface area contributed by atoms with E-state index in [1.54, 1.807) is 19.1 Å². The summed E-state index contributed by atoms with van der Waals surface area (Å²) in [5.74, 6) is -1.65. The zero-order chi connectivity index (χ0) is 15.6. The normalized spacial score (nSPS) is 10.2. The molecule has 0 heterocycles. The standard InChI is InChI=1S/C15H11Cl2NO3/c1-8-5-9(7-10(16)6-8)14(19)18-13-11(15(20)21)3-2-4-12(13)17/h2-7H,1H3,(H,18,19)(H,20,21). The first-order valence-corrected chi connectivity index (χ1v) is 6.74. The van der Waals surface area contributed by atoms with Crippen molar-refractivity contribution in [3.8, 4) is 0 Å². The molecule has 0 unspecified atom stereocenters. The summed E-state index contributed by atoms with van der Waals surface area (Å²) in [5, 5.41) is 12.2. The van der Waals surface area contributed by atoms with Crippen LogP contribution in [0.15, 0.2) is 36.4 Å². The summed E-state index contributed by atoms with van der Waals surface area (Å²) in [6, 6.07) is 9.25. The van der Waals surface area contributed by atoms with E-state index in [4.69, 9.17) is 28.3 Å². The predicted molar refractivity (Wildman–Crippen MR) is 82.6 cm³/mol. The monoisotopic (exact) mass is 323 g/mol. The van der Waals surface area contributed by atoms with E-state index in [0.717, 1.165) is 5.56 Å². The Labute approximate surface area is 131 Å². The maximum atomic E-state index is 12.2. The van der Waals surface area contributed by atoms with Crippen molar-refractivity contribution in [1.82, 2.24) is 0 Å². The third kappa shape index (κ3) is 3.54. The number of carbonyl (C=O) groups is 2. The zero-order valence-corrected chi connectivity index (χ0v) is 12.5. The number of anilines is 1. The molecule has 0 spiro atoms. The van der Waals surface area contributed by atoms with Gasteiger partial charge in [0.15, 0.2) is 0 Å². The van der Waals surface area contributed by atoms with Crippen LogP contribution in [0.2, 0.25) is 10.0 Å². The number of aryl methyl sites for hydroxylation is 1. The second-order valence-electron chi connectivity index (χ2n) is 4.44. The van der Waals surface area contributed by atoms with Gasteiger partial charge in [0.1, 0.15) is 0 Å². The largest absolute Gasteiger partial charge is 0.478 e. The van der Waals surface area contributed by atoms with Crippen LogP contribution in [-0.2, 0) is 0 Å². The Morgan fingerprint density at radius 3 is 2.48 bits per heavy atom. The summed E-state index contributed by atoms with van der Waals surface area (Å²) >= 11 is 11.9. The number of carboxylic acid groups (broad SMARTS) is 1. The molecule has 6 heteroatoms. The number of para-hydroxylation sites is 1. The predicted octanol–water partition coefficient (Wildman–Crippen LogP) is 4.25. The minimum absolute atomic E-state index is 0.0642. The van der Waals surface area contributed by atoms with E-state index in [1.807, 2.05) is 0 Å². The van der Waals surface area contributed by atoms with Crippen molar-refractivity contribution in [2.45, 2.75) is 6.92 Å². The number of nitrogens with one attached hydrogen (secondary N) is 1. The van der Waals surface area contributed by atoms with Gasteiger partial charge in [0, 0.05) is 10.6 Å². The Hall–Kier alpha value is -2.04. The molecule has 2 N–H and O–H groups in total. The Bertz CT molecular complexity index is 709. The van der Waals surface area contributed by atoms with Crippen molar-refractivity contribution in [2.75, 3.05) is 5.32 Å². The van der Waals surface area contributed by atoms with Crippen molar-refractivity contribution in [2.24, 2.45) is 0 Å². The van der Waals surface area contributed by atoms with Gasteiger partial charge in [0.2, 0.25) is 0 Å². The summed E-state index contributed by atoms with van der Waals surface area (Å²) in [6.07, 6.45) is 0. The number of hydrogen-bond acceptors (Lipinski definition) is 2. The van der Waals surface area contributed by atoms with E-state index in [0.29, 0.717) is 10.6 Å². The minimum atomic E-state index is -1.17. The molecule has 0 saturated carbocycles.